The third kappa shape index (κ3) is 4.37. The van der Waals surface area contributed by atoms with Crippen LogP contribution < -0.4 is 5.32 Å². The number of ether oxygens (including phenoxy) is 1. The van der Waals surface area contributed by atoms with E-state index in [4.69, 9.17) is 4.74 Å². The minimum atomic E-state index is -0.689. The Kier molecular flexibility index (Phi) is 4.93. The molecule has 1 aromatic carbocycles. The van der Waals surface area contributed by atoms with Crippen molar-refractivity contribution in [2.45, 2.75) is 53.2 Å². The summed E-state index contributed by atoms with van der Waals surface area (Å²) in [5, 5.41) is 2.61. The summed E-state index contributed by atoms with van der Waals surface area (Å²) in [6.07, 6.45) is 0.142. The van der Waals surface area contributed by atoms with Gasteiger partial charge in [0.05, 0.1) is 0 Å². The lowest BCUT2D eigenvalue weighted by atomic mass is 9.95. The lowest BCUT2D eigenvalue weighted by molar-refractivity contribution is -0.109. The summed E-state index contributed by atoms with van der Waals surface area (Å²) >= 11 is 0. The second-order valence-electron chi connectivity index (χ2n) is 6.07. The van der Waals surface area contributed by atoms with Gasteiger partial charge in [0, 0.05) is 0 Å². The molecule has 1 unspecified atom stereocenters. The largest absolute Gasteiger partial charge is 0.444 e. The Morgan fingerprint density at radius 1 is 1.20 bits per heavy atom. The van der Waals surface area contributed by atoms with E-state index in [1.807, 2.05) is 32.9 Å². The summed E-state index contributed by atoms with van der Waals surface area (Å²) in [7, 11) is 0. The maximum atomic E-state index is 11.8. The van der Waals surface area contributed by atoms with Gasteiger partial charge in [-0.15, -0.1) is 0 Å². The highest BCUT2D eigenvalue weighted by atomic mass is 16.6. The molecule has 0 aliphatic rings. The topological polar surface area (TPSA) is 55.4 Å². The molecule has 4 heteroatoms. The number of amides is 1. The molecule has 0 aliphatic heterocycles. The minimum Gasteiger partial charge on any atom is -0.444 e. The molecule has 0 aromatic heterocycles. The maximum absolute atomic E-state index is 11.8. The zero-order chi connectivity index (χ0) is 15.5. The summed E-state index contributed by atoms with van der Waals surface area (Å²) in [5.41, 5.74) is 3.34. The molecule has 1 amide bonds. The molecule has 1 N–H and O–H groups in total. The molecule has 1 rings (SSSR count). The average molecular weight is 277 g/mol. The van der Waals surface area contributed by atoms with Crippen molar-refractivity contribution in [1.29, 1.82) is 0 Å². The summed E-state index contributed by atoms with van der Waals surface area (Å²) in [4.78, 5) is 23.1. The SMILES string of the molecule is Cc1cc(C)c(C(C=O)NC(=O)OC(C)(C)C)c(C)c1. The number of benzene rings is 1. The Hall–Kier alpha value is -1.84. The van der Waals surface area contributed by atoms with Crippen molar-refractivity contribution in [2.24, 2.45) is 0 Å². The minimum absolute atomic E-state index is 0.588. The first-order chi connectivity index (χ1) is 9.14. The van der Waals surface area contributed by atoms with Gasteiger partial charge in [0.2, 0.25) is 0 Å². The van der Waals surface area contributed by atoms with Crippen LogP contribution in [0.25, 0.3) is 0 Å². The van der Waals surface area contributed by atoms with E-state index in [9.17, 15) is 9.59 Å². The molecular formula is C16H23NO3. The number of aryl methyl sites for hydroxylation is 3. The summed E-state index contributed by atoms with van der Waals surface area (Å²) in [5.74, 6) is 0. The maximum Gasteiger partial charge on any atom is 0.408 e. The van der Waals surface area contributed by atoms with Crippen LogP contribution in [0.1, 0.15) is 49.1 Å². The quantitative estimate of drug-likeness (QED) is 0.862. The van der Waals surface area contributed by atoms with Gasteiger partial charge in [-0.2, -0.15) is 0 Å². The molecule has 1 aromatic rings. The zero-order valence-electron chi connectivity index (χ0n) is 13.0. The second kappa shape index (κ2) is 6.07. The Balaban J connectivity index is 2.98. The first kappa shape index (κ1) is 16.2. The van der Waals surface area contributed by atoms with E-state index in [1.54, 1.807) is 20.8 Å². The van der Waals surface area contributed by atoms with E-state index in [0.717, 1.165) is 28.5 Å². The van der Waals surface area contributed by atoms with E-state index < -0.39 is 17.7 Å². The van der Waals surface area contributed by atoms with Crippen LogP contribution in [0.2, 0.25) is 0 Å². The first-order valence-corrected chi connectivity index (χ1v) is 6.66. The van der Waals surface area contributed by atoms with Crippen molar-refractivity contribution in [3.8, 4) is 0 Å². The van der Waals surface area contributed by atoms with Gasteiger partial charge in [0.1, 0.15) is 17.9 Å². The fourth-order valence-corrected chi connectivity index (χ4v) is 2.29. The van der Waals surface area contributed by atoms with Crippen molar-refractivity contribution >= 4 is 12.4 Å². The molecule has 4 nitrogen and oxygen atoms in total. The molecule has 0 radical (unpaired) electrons. The number of carbonyl (C=O) groups is 2. The molecule has 1 atom stereocenters. The van der Waals surface area contributed by atoms with E-state index in [0.29, 0.717) is 0 Å². The molecule has 0 bridgehead atoms. The fraction of sp³-hybridized carbons (Fsp3) is 0.500. The predicted molar refractivity (Wildman–Crippen MR) is 78.8 cm³/mol. The van der Waals surface area contributed by atoms with Crippen LogP contribution >= 0.6 is 0 Å². The van der Waals surface area contributed by atoms with Crippen molar-refractivity contribution in [2.75, 3.05) is 0 Å². The summed E-state index contributed by atoms with van der Waals surface area (Å²) in [6.45, 7) is 11.2. The van der Waals surface area contributed by atoms with E-state index >= 15 is 0 Å². The number of alkyl carbamates (subject to hydrolysis) is 1. The Morgan fingerprint density at radius 2 is 1.70 bits per heavy atom. The Morgan fingerprint density at radius 3 is 2.10 bits per heavy atom. The molecule has 110 valence electrons. The van der Waals surface area contributed by atoms with Crippen molar-refractivity contribution in [1.82, 2.24) is 5.32 Å². The first-order valence-electron chi connectivity index (χ1n) is 6.66. The molecule has 20 heavy (non-hydrogen) atoms. The number of aldehydes is 1. The number of carbonyl (C=O) groups excluding carboxylic acids is 2. The molecule has 0 saturated heterocycles. The number of rotatable bonds is 3. The standard InChI is InChI=1S/C16H23NO3/c1-10-7-11(2)14(12(3)8-10)13(9-18)17-15(19)20-16(4,5)6/h7-9,13H,1-6H3,(H,17,19). The molecule has 0 fully saturated rings. The van der Waals surface area contributed by atoms with E-state index in [-0.39, 0.29) is 0 Å². The third-order valence-corrected chi connectivity index (χ3v) is 2.86. The zero-order valence-corrected chi connectivity index (χ0v) is 13.0. The van der Waals surface area contributed by atoms with Gasteiger partial charge in [0.25, 0.3) is 0 Å². The second-order valence-corrected chi connectivity index (χ2v) is 6.07. The third-order valence-electron chi connectivity index (χ3n) is 2.86. The fourth-order valence-electron chi connectivity index (χ4n) is 2.29. The van der Waals surface area contributed by atoms with Crippen molar-refractivity contribution in [3.63, 3.8) is 0 Å². The van der Waals surface area contributed by atoms with Crippen LogP contribution in [0.4, 0.5) is 4.79 Å². The van der Waals surface area contributed by atoms with Crippen LogP contribution in [0, 0.1) is 20.8 Å². The highest BCUT2D eigenvalue weighted by molar-refractivity contribution is 5.75. The average Bonchev–Trinajstić information content (AvgIpc) is 2.23. The van der Waals surface area contributed by atoms with Crippen LogP contribution in [-0.2, 0) is 9.53 Å². The Labute approximate surface area is 120 Å². The molecule has 0 aliphatic carbocycles. The summed E-state index contributed by atoms with van der Waals surface area (Å²) in [6, 6.07) is 3.30. The van der Waals surface area contributed by atoms with Gasteiger partial charge >= 0.3 is 6.09 Å². The van der Waals surface area contributed by atoms with E-state index in [1.165, 1.54) is 0 Å². The summed E-state index contributed by atoms with van der Waals surface area (Å²) < 4.78 is 5.19. The molecule has 0 saturated carbocycles. The monoisotopic (exact) mass is 277 g/mol. The predicted octanol–water partition coefficient (Wildman–Crippen LogP) is 3.38. The Bertz CT molecular complexity index is 492. The normalized spacial score (nSPS) is 12.7. The molecule has 0 spiro atoms. The van der Waals surface area contributed by atoms with Crippen molar-refractivity contribution in [3.05, 3.63) is 34.4 Å². The lowest BCUT2D eigenvalue weighted by Crippen LogP contribution is -2.36. The smallest absolute Gasteiger partial charge is 0.408 e. The van der Waals surface area contributed by atoms with Gasteiger partial charge in [-0.05, 0) is 58.2 Å². The number of nitrogens with one attached hydrogen (secondary N) is 1. The highest BCUT2D eigenvalue weighted by Gasteiger charge is 2.22. The van der Waals surface area contributed by atoms with Gasteiger partial charge < -0.3 is 14.8 Å². The van der Waals surface area contributed by atoms with Crippen molar-refractivity contribution < 1.29 is 14.3 Å². The van der Waals surface area contributed by atoms with Crippen LogP contribution in [0.3, 0.4) is 0 Å². The van der Waals surface area contributed by atoms with Gasteiger partial charge in [-0.3, -0.25) is 0 Å². The van der Waals surface area contributed by atoms with Gasteiger partial charge in [-0.1, -0.05) is 17.7 Å². The van der Waals surface area contributed by atoms with Crippen LogP contribution in [0.5, 0.6) is 0 Å². The van der Waals surface area contributed by atoms with Gasteiger partial charge in [-0.25, -0.2) is 4.79 Å². The van der Waals surface area contributed by atoms with Gasteiger partial charge in [0.15, 0.2) is 0 Å². The van der Waals surface area contributed by atoms with Crippen LogP contribution in [-0.4, -0.2) is 18.0 Å². The number of hydrogen-bond donors (Lipinski definition) is 1. The highest BCUT2D eigenvalue weighted by Crippen LogP contribution is 2.23. The molecule has 0 heterocycles. The van der Waals surface area contributed by atoms with E-state index in [2.05, 4.69) is 5.32 Å². The molecular weight excluding hydrogens is 254 g/mol. The number of hydrogen-bond acceptors (Lipinski definition) is 3. The lowest BCUT2D eigenvalue weighted by Gasteiger charge is -2.23. The van der Waals surface area contributed by atoms with Crippen LogP contribution in [0.15, 0.2) is 12.1 Å².